The normalized spacial score (nSPS) is 14.0. The highest BCUT2D eigenvalue weighted by molar-refractivity contribution is 5.92. The molecule has 0 aliphatic heterocycles. The average molecular weight is 293 g/mol. The Morgan fingerprint density at radius 1 is 1.43 bits per heavy atom. The lowest BCUT2D eigenvalue weighted by atomic mass is 10.3. The Morgan fingerprint density at radius 2 is 2.14 bits per heavy atom. The van der Waals surface area contributed by atoms with E-state index in [0.29, 0.717) is 6.54 Å². The minimum Gasteiger partial charge on any atom is -0.481 e. The number of hydrogen-bond acceptors (Lipinski definition) is 4. The third-order valence-corrected chi connectivity index (χ3v) is 3.34. The molecule has 21 heavy (non-hydrogen) atoms. The number of aliphatic carboxylic acids is 1. The molecule has 1 aliphatic carbocycles. The first-order valence-corrected chi connectivity index (χ1v) is 7.14. The standard InChI is InChI=1S/C14H19N3O4/c1-2-8-17-12(18)6-5-11(15-17)14(21)16(10-3-4-10)9-7-13(19)20/h5-6,10H,2-4,7-9H2,1H3,(H,19,20). The van der Waals surface area contributed by atoms with Gasteiger partial charge in [-0.3, -0.25) is 14.4 Å². The smallest absolute Gasteiger partial charge is 0.305 e. The molecule has 114 valence electrons. The number of aromatic nitrogens is 2. The van der Waals surface area contributed by atoms with Gasteiger partial charge in [0.05, 0.1) is 6.42 Å². The molecule has 1 aliphatic rings. The van der Waals surface area contributed by atoms with Crippen molar-refractivity contribution in [3.63, 3.8) is 0 Å². The number of carbonyl (C=O) groups is 2. The average Bonchev–Trinajstić information content (AvgIpc) is 3.26. The van der Waals surface area contributed by atoms with Gasteiger partial charge in [0.1, 0.15) is 5.69 Å². The van der Waals surface area contributed by atoms with E-state index in [1.54, 1.807) is 4.90 Å². The number of carboxylic acid groups (broad SMARTS) is 1. The molecule has 0 saturated heterocycles. The van der Waals surface area contributed by atoms with Crippen molar-refractivity contribution in [2.45, 2.75) is 45.2 Å². The van der Waals surface area contributed by atoms with Gasteiger partial charge >= 0.3 is 5.97 Å². The summed E-state index contributed by atoms with van der Waals surface area (Å²) in [5.41, 5.74) is -0.0442. The third-order valence-electron chi connectivity index (χ3n) is 3.34. The van der Waals surface area contributed by atoms with Crippen LogP contribution in [0.25, 0.3) is 0 Å². The van der Waals surface area contributed by atoms with Crippen molar-refractivity contribution >= 4 is 11.9 Å². The number of rotatable bonds is 7. The Morgan fingerprint density at radius 3 is 2.71 bits per heavy atom. The molecule has 2 rings (SSSR count). The molecule has 0 unspecified atom stereocenters. The first-order valence-electron chi connectivity index (χ1n) is 7.14. The van der Waals surface area contributed by atoms with E-state index in [2.05, 4.69) is 5.10 Å². The summed E-state index contributed by atoms with van der Waals surface area (Å²) in [6.07, 6.45) is 2.44. The van der Waals surface area contributed by atoms with Crippen LogP contribution in [-0.4, -0.2) is 44.3 Å². The monoisotopic (exact) mass is 293 g/mol. The second kappa shape index (κ2) is 6.51. The van der Waals surface area contributed by atoms with E-state index in [-0.39, 0.29) is 36.2 Å². The van der Waals surface area contributed by atoms with Crippen molar-refractivity contribution in [1.29, 1.82) is 0 Å². The highest BCUT2D eigenvalue weighted by Crippen LogP contribution is 2.28. The van der Waals surface area contributed by atoms with Gasteiger partial charge in [0.2, 0.25) is 0 Å². The number of carboxylic acids is 1. The molecule has 0 bridgehead atoms. The van der Waals surface area contributed by atoms with Gasteiger partial charge < -0.3 is 10.0 Å². The molecular weight excluding hydrogens is 274 g/mol. The van der Waals surface area contributed by atoms with E-state index in [0.717, 1.165) is 19.3 Å². The summed E-state index contributed by atoms with van der Waals surface area (Å²) in [4.78, 5) is 36.3. The van der Waals surface area contributed by atoms with Gasteiger partial charge in [-0.2, -0.15) is 5.10 Å². The Bertz CT molecular complexity index is 592. The predicted molar refractivity (Wildman–Crippen MR) is 75.1 cm³/mol. The molecule has 1 saturated carbocycles. The predicted octanol–water partition coefficient (Wildman–Crippen LogP) is 0.733. The van der Waals surface area contributed by atoms with Crippen molar-refractivity contribution in [3.8, 4) is 0 Å². The van der Waals surface area contributed by atoms with Crippen LogP contribution in [0.4, 0.5) is 0 Å². The van der Waals surface area contributed by atoms with Crippen molar-refractivity contribution in [2.75, 3.05) is 6.54 Å². The number of hydrogen-bond donors (Lipinski definition) is 1. The van der Waals surface area contributed by atoms with E-state index in [4.69, 9.17) is 5.11 Å². The zero-order valence-electron chi connectivity index (χ0n) is 12.0. The van der Waals surface area contributed by atoms with Gasteiger partial charge in [0, 0.05) is 25.2 Å². The summed E-state index contributed by atoms with van der Waals surface area (Å²) in [7, 11) is 0. The van der Waals surface area contributed by atoms with Crippen molar-refractivity contribution in [3.05, 3.63) is 28.2 Å². The molecule has 0 atom stereocenters. The first-order chi connectivity index (χ1) is 10.0. The maximum Gasteiger partial charge on any atom is 0.305 e. The molecule has 0 spiro atoms. The topological polar surface area (TPSA) is 92.5 Å². The molecule has 0 radical (unpaired) electrons. The van der Waals surface area contributed by atoms with Crippen LogP contribution in [-0.2, 0) is 11.3 Å². The summed E-state index contributed by atoms with van der Waals surface area (Å²) in [6, 6.07) is 2.84. The summed E-state index contributed by atoms with van der Waals surface area (Å²) < 4.78 is 1.27. The summed E-state index contributed by atoms with van der Waals surface area (Å²) >= 11 is 0. The lowest BCUT2D eigenvalue weighted by Gasteiger charge is -2.21. The Hall–Kier alpha value is -2.18. The van der Waals surface area contributed by atoms with Crippen LogP contribution >= 0.6 is 0 Å². The largest absolute Gasteiger partial charge is 0.481 e. The van der Waals surface area contributed by atoms with E-state index in [1.165, 1.54) is 16.8 Å². The molecule has 1 aromatic rings. The Kier molecular flexibility index (Phi) is 4.72. The molecule has 1 aromatic heterocycles. The van der Waals surface area contributed by atoms with E-state index >= 15 is 0 Å². The van der Waals surface area contributed by atoms with Gasteiger partial charge in [0.15, 0.2) is 0 Å². The van der Waals surface area contributed by atoms with Crippen molar-refractivity contribution in [2.24, 2.45) is 0 Å². The molecule has 0 aromatic carbocycles. The minimum absolute atomic E-state index is 0.0865. The second-order valence-corrected chi connectivity index (χ2v) is 5.15. The number of carbonyl (C=O) groups excluding carboxylic acids is 1. The van der Waals surface area contributed by atoms with Crippen LogP contribution in [0.1, 0.15) is 43.1 Å². The maximum atomic E-state index is 12.5. The summed E-state index contributed by atoms with van der Waals surface area (Å²) in [5.74, 6) is -1.24. The van der Waals surface area contributed by atoms with E-state index in [1.807, 2.05) is 6.92 Å². The zero-order valence-corrected chi connectivity index (χ0v) is 12.0. The van der Waals surface area contributed by atoms with Crippen molar-refractivity contribution in [1.82, 2.24) is 14.7 Å². The Balaban J connectivity index is 2.18. The molecular formula is C14H19N3O4. The van der Waals surface area contributed by atoms with Crippen LogP contribution in [0.2, 0.25) is 0 Å². The lowest BCUT2D eigenvalue weighted by molar-refractivity contribution is -0.137. The van der Waals surface area contributed by atoms with Crippen LogP contribution in [0.3, 0.4) is 0 Å². The molecule has 1 amide bonds. The molecule has 7 heteroatoms. The van der Waals surface area contributed by atoms with Crippen LogP contribution in [0, 0.1) is 0 Å². The van der Waals surface area contributed by atoms with Crippen LogP contribution in [0.15, 0.2) is 16.9 Å². The number of amides is 1. The summed E-state index contributed by atoms with van der Waals surface area (Å²) in [5, 5.41) is 12.9. The fourth-order valence-electron chi connectivity index (χ4n) is 2.13. The van der Waals surface area contributed by atoms with Gasteiger partial charge in [0.25, 0.3) is 11.5 Å². The van der Waals surface area contributed by atoms with E-state index in [9.17, 15) is 14.4 Å². The SMILES string of the molecule is CCCn1nc(C(=O)N(CCC(=O)O)C2CC2)ccc1=O. The zero-order chi connectivity index (χ0) is 15.4. The van der Waals surface area contributed by atoms with Gasteiger partial charge in [-0.1, -0.05) is 6.92 Å². The van der Waals surface area contributed by atoms with Crippen LogP contribution in [0.5, 0.6) is 0 Å². The molecule has 1 N–H and O–H groups in total. The van der Waals surface area contributed by atoms with Gasteiger partial charge in [-0.05, 0) is 25.3 Å². The number of aryl methyl sites for hydroxylation is 1. The van der Waals surface area contributed by atoms with E-state index < -0.39 is 5.97 Å². The lowest BCUT2D eigenvalue weighted by Crippen LogP contribution is -2.37. The fourth-order valence-corrected chi connectivity index (χ4v) is 2.13. The number of nitrogens with zero attached hydrogens (tertiary/aromatic N) is 3. The molecule has 1 heterocycles. The fraction of sp³-hybridized carbons (Fsp3) is 0.571. The molecule has 7 nitrogen and oxygen atoms in total. The van der Waals surface area contributed by atoms with Gasteiger partial charge in [-0.25, -0.2) is 4.68 Å². The first kappa shape index (κ1) is 15.2. The van der Waals surface area contributed by atoms with Crippen LogP contribution < -0.4 is 5.56 Å². The minimum atomic E-state index is -0.933. The second-order valence-electron chi connectivity index (χ2n) is 5.15. The third kappa shape index (κ3) is 3.90. The maximum absolute atomic E-state index is 12.5. The van der Waals surface area contributed by atoms with Gasteiger partial charge in [-0.15, -0.1) is 0 Å². The quantitative estimate of drug-likeness (QED) is 0.800. The highest BCUT2D eigenvalue weighted by atomic mass is 16.4. The Labute approximate surface area is 122 Å². The highest BCUT2D eigenvalue weighted by Gasteiger charge is 2.33. The molecule has 1 fully saturated rings. The van der Waals surface area contributed by atoms with Crippen molar-refractivity contribution < 1.29 is 14.7 Å². The summed E-state index contributed by atoms with van der Waals surface area (Å²) in [6.45, 7) is 2.55.